The molecule has 0 aromatic heterocycles. The molecule has 0 spiro atoms. The van der Waals surface area contributed by atoms with Gasteiger partial charge in [0, 0.05) is 5.69 Å². The summed E-state index contributed by atoms with van der Waals surface area (Å²) in [7, 11) is 0. The molecule has 11 heavy (non-hydrogen) atoms. The van der Waals surface area contributed by atoms with Crippen LogP contribution in [-0.4, -0.2) is 6.54 Å². The Morgan fingerprint density at radius 1 is 1.36 bits per heavy atom. The number of aryl methyl sites for hydroxylation is 1. The minimum absolute atomic E-state index is 0.660. The second-order valence-corrected chi connectivity index (χ2v) is 2.74. The van der Waals surface area contributed by atoms with Crippen LogP contribution in [0.4, 0.5) is 5.69 Å². The van der Waals surface area contributed by atoms with Gasteiger partial charge >= 0.3 is 0 Å². The van der Waals surface area contributed by atoms with Gasteiger partial charge in [0.1, 0.15) is 0 Å². The highest BCUT2D eigenvalue weighted by molar-refractivity contribution is 5.48. The molecule has 0 fully saturated rings. The highest BCUT2D eigenvalue weighted by Crippen LogP contribution is 2.13. The summed E-state index contributed by atoms with van der Waals surface area (Å²) in [5.74, 6) is 0. The molecule has 1 rings (SSSR count). The van der Waals surface area contributed by atoms with Crippen LogP contribution in [0, 0.1) is 6.92 Å². The number of nitrogen functional groups attached to an aromatic ring is 1. The zero-order valence-corrected chi connectivity index (χ0v) is 6.80. The van der Waals surface area contributed by atoms with Crippen molar-refractivity contribution >= 4 is 5.69 Å². The first-order valence-electron chi connectivity index (χ1n) is 3.79. The molecule has 0 bridgehead atoms. The monoisotopic (exact) mass is 150 g/mol. The van der Waals surface area contributed by atoms with E-state index >= 15 is 0 Å². The Hall–Kier alpha value is -1.02. The molecule has 0 saturated carbocycles. The lowest BCUT2D eigenvalue weighted by molar-refractivity contribution is 0.969. The van der Waals surface area contributed by atoms with E-state index in [1.807, 2.05) is 12.1 Å². The molecule has 0 aliphatic carbocycles. The van der Waals surface area contributed by atoms with E-state index in [4.69, 9.17) is 11.5 Å². The first-order chi connectivity index (χ1) is 5.24. The molecule has 0 amide bonds. The largest absolute Gasteiger partial charge is 0.399 e. The van der Waals surface area contributed by atoms with Crippen molar-refractivity contribution in [3.63, 3.8) is 0 Å². The third-order valence-electron chi connectivity index (χ3n) is 1.71. The Labute approximate surface area is 67.2 Å². The molecule has 2 nitrogen and oxygen atoms in total. The summed E-state index contributed by atoms with van der Waals surface area (Å²) in [4.78, 5) is 0. The number of hydrogen-bond acceptors (Lipinski definition) is 2. The van der Waals surface area contributed by atoms with Crippen LogP contribution in [0.15, 0.2) is 18.2 Å². The van der Waals surface area contributed by atoms with E-state index in [0.29, 0.717) is 6.54 Å². The van der Waals surface area contributed by atoms with Crippen LogP contribution in [0.5, 0.6) is 0 Å². The van der Waals surface area contributed by atoms with Gasteiger partial charge in [-0.25, -0.2) is 0 Å². The minimum atomic E-state index is 0.660. The van der Waals surface area contributed by atoms with Crippen LogP contribution in [0.2, 0.25) is 0 Å². The Morgan fingerprint density at radius 2 is 2.09 bits per heavy atom. The fourth-order valence-corrected chi connectivity index (χ4v) is 1.11. The molecular formula is C9H14N2. The summed E-state index contributed by atoms with van der Waals surface area (Å²) in [6.07, 6.45) is 0.869. The van der Waals surface area contributed by atoms with Crippen molar-refractivity contribution in [2.75, 3.05) is 12.3 Å². The Morgan fingerprint density at radius 3 is 2.73 bits per heavy atom. The van der Waals surface area contributed by atoms with Crippen LogP contribution in [0.3, 0.4) is 0 Å². The maximum absolute atomic E-state index is 5.72. The lowest BCUT2D eigenvalue weighted by Crippen LogP contribution is -2.05. The lowest BCUT2D eigenvalue weighted by Gasteiger charge is -2.04. The summed E-state index contributed by atoms with van der Waals surface area (Å²) < 4.78 is 0. The van der Waals surface area contributed by atoms with Gasteiger partial charge in [-0.05, 0) is 31.5 Å². The standard InChI is InChI=1S/C9H14N2/c1-7-2-3-9(11)8(6-7)4-5-10/h2-3,6H,4-5,10-11H2,1H3. The topological polar surface area (TPSA) is 52.0 Å². The molecule has 0 radical (unpaired) electrons. The number of hydrogen-bond donors (Lipinski definition) is 2. The maximum atomic E-state index is 5.72. The fraction of sp³-hybridized carbons (Fsp3) is 0.333. The van der Waals surface area contributed by atoms with Gasteiger partial charge in [0.15, 0.2) is 0 Å². The van der Waals surface area contributed by atoms with Crippen molar-refractivity contribution in [2.24, 2.45) is 5.73 Å². The quantitative estimate of drug-likeness (QED) is 0.620. The zero-order chi connectivity index (χ0) is 8.27. The van der Waals surface area contributed by atoms with E-state index in [1.165, 1.54) is 5.56 Å². The molecule has 0 aliphatic rings. The number of rotatable bonds is 2. The average molecular weight is 150 g/mol. The average Bonchev–Trinajstić information content (AvgIpc) is 1.98. The molecule has 60 valence electrons. The van der Waals surface area contributed by atoms with Gasteiger partial charge in [-0.1, -0.05) is 17.7 Å². The molecule has 4 N–H and O–H groups in total. The Balaban J connectivity index is 2.93. The molecule has 0 atom stereocenters. The first kappa shape index (κ1) is 8.08. The van der Waals surface area contributed by atoms with Crippen molar-refractivity contribution in [1.82, 2.24) is 0 Å². The molecule has 2 heteroatoms. The van der Waals surface area contributed by atoms with Gasteiger partial charge < -0.3 is 11.5 Å². The van der Waals surface area contributed by atoms with Crippen LogP contribution < -0.4 is 11.5 Å². The van der Waals surface area contributed by atoms with Gasteiger partial charge in [-0.3, -0.25) is 0 Å². The van der Waals surface area contributed by atoms with Crippen molar-refractivity contribution in [1.29, 1.82) is 0 Å². The van der Waals surface area contributed by atoms with Crippen molar-refractivity contribution < 1.29 is 0 Å². The third kappa shape index (κ3) is 1.95. The molecule has 1 aromatic carbocycles. The Bertz CT molecular complexity index is 243. The summed E-state index contributed by atoms with van der Waals surface area (Å²) >= 11 is 0. The molecule has 1 aromatic rings. The fourth-order valence-electron chi connectivity index (χ4n) is 1.11. The van der Waals surface area contributed by atoms with E-state index in [0.717, 1.165) is 17.7 Å². The van der Waals surface area contributed by atoms with E-state index in [-0.39, 0.29) is 0 Å². The molecular weight excluding hydrogens is 136 g/mol. The summed E-state index contributed by atoms with van der Waals surface area (Å²) in [5, 5.41) is 0. The second kappa shape index (κ2) is 3.39. The second-order valence-electron chi connectivity index (χ2n) is 2.74. The minimum Gasteiger partial charge on any atom is -0.399 e. The lowest BCUT2D eigenvalue weighted by atomic mass is 10.1. The summed E-state index contributed by atoms with van der Waals surface area (Å²) in [6, 6.07) is 6.03. The highest BCUT2D eigenvalue weighted by Gasteiger charge is 1.96. The van der Waals surface area contributed by atoms with Crippen LogP contribution in [-0.2, 0) is 6.42 Å². The number of benzene rings is 1. The summed E-state index contributed by atoms with van der Waals surface area (Å²) in [6.45, 7) is 2.72. The molecule has 0 heterocycles. The highest BCUT2D eigenvalue weighted by atomic mass is 14.6. The van der Waals surface area contributed by atoms with Crippen LogP contribution >= 0.6 is 0 Å². The van der Waals surface area contributed by atoms with Crippen molar-refractivity contribution in [2.45, 2.75) is 13.3 Å². The molecule has 0 unspecified atom stereocenters. The first-order valence-corrected chi connectivity index (χ1v) is 3.79. The molecule has 0 aliphatic heterocycles. The van der Waals surface area contributed by atoms with Crippen LogP contribution in [0.25, 0.3) is 0 Å². The van der Waals surface area contributed by atoms with E-state index < -0.39 is 0 Å². The van der Waals surface area contributed by atoms with E-state index in [2.05, 4.69) is 13.0 Å². The SMILES string of the molecule is Cc1ccc(N)c(CCN)c1. The van der Waals surface area contributed by atoms with Crippen LogP contribution in [0.1, 0.15) is 11.1 Å². The van der Waals surface area contributed by atoms with Crippen molar-refractivity contribution in [3.8, 4) is 0 Å². The Kier molecular flexibility index (Phi) is 2.49. The van der Waals surface area contributed by atoms with Gasteiger partial charge in [0.25, 0.3) is 0 Å². The smallest absolute Gasteiger partial charge is 0.0347 e. The summed E-state index contributed by atoms with van der Waals surface area (Å²) in [5.41, 5.74) is 14.4. The van der Waals surface area contributed by atoms with Gasteiger partial charge in [0.05, 0.1) is 0 Å². The third-order valence-corrected chi connectivity index (χ3v) is 1.71. The predicted octanol–water partition coefficient (Wildman–Crippen LogP) is 1.08. The van der Waals surface area contributed by atoms with Gasteiger partial charge in [-0.15, -0.1) is 0 Å². The van der Waals surface area contributed by atoms with Gasteiger partial charge in [0.2, 0.25) is 0 Å². The van der Waals surface area contributed by atoms with E-state index in [1.54, 1.807) is 0 Å². The van der Waals surface area contributed by atoms with E-state index in [9.17, 15) is 0 Å². The number of nitrogens with two attached hydrogens (primary N) is 2. The maximum Gasteiger partial charge on any atom is 0.0347 e. The molecule has 0 saturated heterocycles. The normalized spacial score (nSPS) is 10.0. The zero-order valence-electron chi connectivity index (χ0n) is 6.80. The predicted molar refractivity (Wildman–Crippen MR) is 48.3 cm³/mol. The van der Waals surface area contributed by atoms with Gasteiger partial charge in [-0.2, -0.15) is 0 Å². The number of anilines is 1. The van der Waals surface area contributed by atoms with Crippen molar-refractivity contribution in [3.05, 3.63) is 29.3 Å².